The van der Waals surface area contributed by atoms with Crippen molar-refractivity contribution in [3.8, 4) is 0 Å². The molecule has 1 N–H and O–H groups in total. The van der Waals surface area contributed by atoms with Crippen molar-refractivity contribution in [3.63, 3.8) is 0 Å². The Hall–Kier alpha value is 3.01. The van der Waals surface area contributed by atoms with Crippen LogP contribution in [0.3, 0.4) is 0 Å². The van der Waals surface area contributed by atoms with Crippen molar-refractivity contribution in [1.29, 1.82) is 0 Å². The van der Waals surface area contributed by atoms with Crippen molar-refractivity contribution in [2.24, 2.45) is 0 Å². The Morgan fingerprint density at radius 3 is 1.33 bits per heavy atom. The van der Waals surface area contributed by atoms with Crippen molar-refractivity contribution in [2.75, 3.05) is 0 Å². The summed E-state index contributed by atoms with van der Waals surface area (Å²) in [5.74, 6) is 0. The van der Waals surface area contributed by atoms with E-state index in [1.54, 1.807) is 13.8 Å². The van der Waals surface area contributed by atoms with E-state index in [4.69, 9.17) is 5.11 Å². The van der Waals surface area contributed by atoms with Gasteiger partial charge in [-0.2, -0.15) is 0 Å². The first kappa shape index (κ1) is 16.0. The van der Waals surface area contributed by atoms with Crippen LogP contribution in [0.2, 0.25) is 0 Å². The van der Waals surface area contributed by atoms with E-state index in [2.05, 4.69) is 0 Å². The van der Waals surface area contributed by atoms with Gasteiger partial charge in [0.25, 0.3) is 0 Å². The van der Waals surface area contributed by atoms with E-state index in [0.717, 1.165) is 0 Å². The van der Waals surface area contributed by atoms with Crippen LogP contribution in [0.1, 0.15) is 13.8 Å². The van der Waals surface area contributed by atoms with E-state index in [0.29, 0.717) is 0 Å². The molecule has 1 nitrogen and oxygen atoms in total. The number of rotatable bonds is 0. The molecule has 0 amide bonds. The molecule has 0 radical (unpaired) electrons. The molecule has 0 saturated heterocycles. The minimum absolute atomic E-state index is 0. The van der Waals surface area contributed by atoms with Crippen LogP contribution in [0.4, 0.5) is 0 Å². The van der Waals surface area contributed by atoms with Gasteiger partial charge in [-0.1, -0.05) is 0 Å². The molecule has 0 aromatic rings. The van der Waals surface area contributed by atoms with E-state index >= 15 is 0 Å². The summed E-state index contributed by atoms with van der Waals surface area (Å²) in [6.07, 6.45) is -0.167. The van der Waals surface area contributed by atoms with Crippen LogP contribution in [-0.4, -0.2) is 106 Å². The maximum atomic E-state index is 8.06. The van der Waals surface area contributed by atoms with Gasteiger partial charge in [-0.15, -0.1) is 0 Å². The Morgan fingerprint density at radius 1 is 1.33 bits per heavy atom. The molecule has 6 heavy (non-hydrogen) atoms. The zero-order valence-electron chi connectivity index (χ0n) is 3.02. The van der Waals surface area contributed by atoms with Gasteiger partial charge >= 0.3 is 94.4 Å². The van der Waals surface area contributed by atoms with Crippen molar-refractivity contribution in [2.45, 2.75) is 20.0 Å². The van der Waals surface area contributed by atoms with Crippen LogP contribution in [0.5, 0.6) is 0 Å². The molecule has 0 spiro atoms. The quantitative estimate of drug-likeness (QED) is 0.541. The molecule has 0 aromatic heterocycles. The van der Waals surface area contributed by atoms with Crippen molar-refractivity contribution < 1.29 is 5.11 Å². The van der Waals surface area contributed by atoms with Crippen LogP contribution < -0.4 is 0 Å². The molecule has 0 heterocycles. The number of hydrogen-bond acceptors (Lipinski definition) is 1. The molecule has 34 valence electrons. The van der Waals surface area contributed by atoms with Gasteiger partial charge in [-0.25, -0.2) is 0 Å². The first-order chi connectivity index (χ1) is 1.73. The summed E-state index contributed by atoms with van der Waals surface area (Å²) in [4.78, 5) is 0. The summed E-state index contributed by atoms with van der Waals surface area (Å²) in [5, 5.41) is 8.06. The van der Waals surface area contributed by atoms with Crippen molar-refractivity contribution in [3.05, 3.63) is 0 Å². The molecular formula is C3H12BaOSr. The Labute approximate surface area is 116 Å². The molecule has 0 saturated carbocycles. The number of hydrogen-bond donors (Lipinski definition) is 1. The fraction of sp³-hybridized carbons (Fsp3) is 1.00. The van der Waals surface area contributed by atoms with Crippen LogP contribution in [-0.2, 0) is 0 Å². The second-order valence-electron chi connectivity index (χ2n) is 1.09. The molecule has 0 rings (SSSR count). The van der Waals surface area contributed by atoms with Gasteiger partial charge in [0.1, 0.15) is 0 Å². The summed E-state index contributed by atoms with van der Waals surface area (Å²) in [6.45, 7) is 3.44. The van der Waals surface area contributed by atoms with Gasteiger partial charge in [0, 0.05) is 6.10 Å². The molecular weight excluding hydrogens is 277 g/mol. The summed E-state index contributed by atoms with van der Waals surface area (Å²) >= 11 is 0. The van der Waals surface area contributed by atoms with E-state index < -0.39 is 0 Å². The first-order valence-electron chi connectivity index (χ1n) is 1.41. The van der Waals surface area contributed by atoms with Crippen LogP contribution >= 0.6 is 0 Å². The van der Waals surface area contributed by atoms with Crippen molar-refractivity contribution in [1.82, 2.24) is 0 Å². The average molecular weight is 289 g/mol. The third-order valence-corrected chi connectivity index (χ3v) is 0. The molecule has 0 aromatic carbocycles. The second kappa shape index (κ2) is 10.9. The summed E-state index contributed by atoms with van der Waals surface area (Å²) < 4.78 is 0. The summed E-state index contributed by atoms with van der Waals surface area (Å²) in [7, 11) is 0. The van der Waals surface area contributed by atoms with E-state index in [1.165, 1.54) is 0 Å². The first-order valence-corrected chi connectivity index (χ1v) is 1.41. The predicted octanol–water partition coefficient (Wildman–Crippen LogP) is -1.45. The Bertz CT molecular complexity index is 15.5. The number of aliphatic hydroxyl groups is 1. The monoisotopic (exact) mass is 290 g/mol. The third-order valence-electron chi connectivity index (χ3n) is 0. The van der Waals surface area contributed by atoms with Gasteiger partial charge < -0.3 is 5.11 Å². The molecule has 0 unspecified atom stereocenters. The molecule has 0 fully saturated rings. The maximum absolute atomic E-state index is 8.06. The van der Waals surface area contributed by atoms with Crippen LogP contribution in [0, 0.1) is 0 Å². The third kappa shape index (κ3) is 27.9. The standard InChI is InChI=1S/C3H8O.Ba.Sr.4H/c1-3(2)4;;;;;;/h3-4H,1-2H3;;;;;;. The normalized spacial score (nSPS) is 6.00. The number of aliphatic hydroxyl groups excluding tert-OH is 1. The topological polar surface area (TPSA) is 20.2 Å². The van der Waals surface area contributed by atoms with Gasteiger partial charge in [0.2, 0.25) is 0 Å². The Balaban J connectivity index is -0.0000000450. The molecule has 0 aliphatic rings. The molecule has 0 atom stereocenters. The average Bonchev–Trinajstić information content (AvgIpc) is 0.811. The van der Waals surface area contributed by atoms with Gasteiger partial charge in [0.05, 0.1) is 0 Å². The molecule has 0 aliphatic heterocycles. The van der Waals surface area contributed by atoms with Gasteiger partial charge in [0.15, 0.2) is 0 Å². The van der Waals surface area contributed by atoms with E-state index in [1.807, 2.05) is 0 Å². The van der Waals surface area contributed by atoms with Crippen LogP contribution in [0.15, 0.2) is 0 Å². The summed E-state index contributed by atoms with van der Waals surface area (Å²) in [6, 6.07) is 0. The Kier molecular flexibility index (Phi) is 29.1. The summed E-state index contributed by atoms with van der Waals surface area (Å²) in [5.41, 5.74) is 0. The SMILES string of the molecule is CC(C)O.[BaH2].[SrH2]. The van der Waals surface area contributed by atoms with Gasteiger partial charge in [-0.3, -0.25) is 0 Å². The molecule has 0 aliphatic carbocycles. The molecule has 0 bridgehead atoms. The van der Waals surface area contributed by atoms with Gasteiger partial charge in [-0.05, 0) is 13.8 Å². The Morgan fingerprint density at radius 2 is 1.33 bits per heavy atom. The van der Waals surface area contributed by atoms with Crippen molar-refractivity contribution >= 4 is 94.4 Å². The fourth-order valence-corrected chi connectivity index (χ4v) is 0. The minimum atomic E-state index is -0.167. The predicted molar refractivity (Wildman–Crippen MR) is 34.4 cm³/mol. The second-order valence-corrected chi connectivity index (χ2v) is 1.09. The molecule has 3 heteroatoms. The van der Waals surface area contributed by atoms with E-state index in [9.17, 15) is 0 Å². The van der Waals surface area contributed by atoms with Crippen LogP contribution in [0.25, 0.3) is 0 Å². The van der Waals surface area contributed by atoms with E-state index in [-0.39, 0.29) is 100 Å². The fourth-order valence-electron chi connectivity index (χ4n) is 0. The zero-order chi connectivity index (χ0) is 3.58. The zero-order valence-corrected chi connectivity index (χ0v) is 3.02.